The number of carboxylic acids is 1. The molecule has 8 N–H and O–H groups in total. The number of methoxy groups -OCH3 is 4. The van der Waals surface area contributed by atoms with Crippen molar-refractivity contribution in [3.8, 4) is 22.9 Å². The average molecular weight is 1070 g/mol. The number of rotatable bonds is 21. The smallest absolute Gasteiger partial charge is 0.339 e. The molecule has 0 bridgehead atoms. The zero-order valence-corrected chi connectivity index (χ0v) is 43.1. The molecule has 2 aromatic carbocycles. The highest BCUT2D eigenvalue weighted by Gasteiger charge is 2.21. The van der Waals surface area contributed by atoms with E-state index in [0.717, 1.165) is 56.1 Å². The first-order valence-corrected chi connectivity index (χ1v) is 24.1. The van der Waals surface area contributed by atoms with Crippen LogP contribution >= 0.6 is 0 Å². The van der Waals surface area contributed by atoms with E-state index in [-0.39, 0.29) is 79.0 Å². The summed E-state index contributed by atoms with van der Waals surface area (Å²) >= 11 is 0. The number of nitrogens with zero attached hydrogens (tertiary/aromatic N) is 14. The highest BCUT2D eigenvalue weighted by atomic mass is 19.1. The molecule has 25 nitrogen and oxygen atoms in total. The molecule has 2 fully saturated rings. The van der Waals surface area contributed by atoms with Gasteiger partial charge in [-0.1, -0.05) is 10.4 Å². The fourth-order valence-corrected chi connectivity index (χ4v) is 7.76. The van der Waals surface area contributed by atoms with Crippen LogP contribution in [0, 0.1) is 11.6 Å². The van der Waals surface area contributed by atoms with E-state index in [2.05, 4.69) is 65.7 Å². The van der Waals surface area contributed by atoms with Gasteiger partial charge in [0.2, 0.25) is 11.9 Å². The van der Waals surface area contributed by atoms with Crippen LogP contribution in [0.2, 0.25) is 0 Å². The van der Waals surface area contributed by atoms with E-state index in [4.69, 9.17) is 41.3 Å². The van der Waals surface area contributed by atoms with Crippen LogP contribution < -0.4 is 41.8 Å². The number of amides is 1. The van der Waals surface area contributed by atoms with Crippen molar-refractivity contribution in [2.45, 2.75) is 51.9 Å². The van der Waals surface area contributed by atoms with Crippen molar-refractivity contribution < 1.29 is 42.4 Å². The van der Waals surface area contributed by atoms with Gasteiger partial charge in [-0.2, -0.15) is 0 Å². The molecule has 77 heavy (non-hydrogen) atoms. The Bertz CT molecular complexity index is 2960. The normalized spacial score (nSPS) is 13.9. The number of hydrogen-bond acceptors (Lipinski definition) is 21. The Kier molecular flexibility index (Phi) is 21.9. The molecule has 2 aliphatic heterocycles. The molecular formula is C50H62F2N18O7. The van der Waals surface area contributed by atoms with Crippen molar-refractivity contribution in [2.75, 3.05) is 77.6 Å². The Labute approximate surface area is 442 Å². The zero-order chi connectivity index (χ0) is 55.1. The summed E-state index contributed by atoms with van der Waals surface area (Å²) in [6.45, 7) is 4.39. The third-order valence-electron chi connectivity index (χ3n) is 11.7. The predicted octanol–water partition coefficient (Wildman–Crippen LogP) is 3.02. The SMILES string of the molecule is COCC(N)=C(C=NCc1cnc(N2CCCC2)nc1)C(=O)NCc1c(-n2ccnn2)ccc(OC)c1F.COCC(N)=C(C=NCc1cnc(N2CCCC2)nc1)C(=O)O.COc1ccc(-n2ccnn2)c(CN)c1F. The zero-order valence-electron chi connectivity index (χ0n) is 43.1. The summed E-state index contributed by atoms with van der Waals surface area (Å²) in [5.74, 6) is -1.13. The topological polar surface area (TPSA) is 326 Å². The Morgan fingerprint density at radius 3 is 1.51 bits per heavy atom. The Hall–Kier alpha value is -8.82. The van der Waals surface area contributed by atoms with Gasteiger partial charge >= 0.3 is 5.97 Å². The first kappa shape index (κ1) is 57.5. The standard InChI is InChI=1S/C25H30FN9O3.C15H21N5O3.C10H11FN4O/c1-37-16-20(27)18(14-28-11-17-12-30-25(31-13-17)34-8-3-4-9-34)24(36)29-15-19-21(35-10-7-32-33-35)5-6-22(38-2)23(19)26;1-23-10-13(16)12(14(21)22)9-17-6-11-7-18-15(19-8-11)20-4-2-3-5-20;1-16-9-3-2-8(7(6-12)10(9)11)15-5-4-13-14-15/h5-7,10,12-14H,3-4,8-9,11,15-16,27H2,1-2H3,(H,29,36);7-9H,2-6,10,16H2,1H3,(H,21,22);2-5H,6,12H2,1H3. The van der Waals surface area contributed by atoms with Crippen molar-refractivity contribution >= 4 is 36.2 Å². The van der Waals surface area contributed by atoms with Gasteiger partial charge in [-0.3, -0.25) is 14.8 Å². The van der Waals surface area contributed by atoms with Crippen molar-refractivity contribution in [3.05, 3.63) is 130 Å². The first-order chi connectivity index (χ1) is 37.4. The summed E-state index contributed by atoms with van der Waals surface area (Å²) in [5.41, 5.74) is 20.7. The molecule has 2 aliphatic rings. The van der Waals surface area contributed by atoms with E-state index in [9.17, 15) is 14.0 Å². The van der Waals surface area contributed by atoms with Gasteiger partial charge in [-0.15, -0.1) is 10.2 Å². The van der Waals surface area contributed by atoms with E-state index in [1.165, 1.54) is 87.6 Å². The molecule has 4 aromatic heterocycles. The monoisotopic (exact) mass is 1060 g/mol. The third-order valence-corrected chi connectivity index (χ3v) is 11.7. The summed E-state index contributed by atoms with van der Waals surface area (Å²) in [7, 11) is 5.69. The summed E-state index contributed by atoms with van der Waals surface area (Å²) in [4.78, 5) is 54.5. The lowest BCUT2D eigenvalue weighted by Crippen LogP contribution is -2.29. The molecular weight excluding hydrogens is 1000 g/mol. The van der Waals surface area contributed by atoms with Crippen molar-refractivity contribution in [2.24, 2.45) is 27.2 Å². The number of carboxylic acid groups (broad SMARTS) is 1. The molecule has 8 rings (SSSR count). The van der Waals surface area contributed by atoms with E-state index in [1.54, 1.807) is 49.3 Å². The molecule has 1 amide bonds. The Morgan fingerprint density at radius 2 is 1.10 bits per heavy atom. The molecule has 6 heterocycles. The maximum absolute atomic E-state index is 15.1. The van der Waals surface area contributed by atoms with Gasteiger partial charge in [0.15, 0.2) is 23.1 Å². The van der Waals surface area contributed by atoms with E-state index in [1.807, 2.05) is 0 Å². The molecule has 0 unspecified atom stereocenters. The van der Waals surface area contributed by atoms with Crippen LogP contribution in [0.1, 0.15) is 47.9 Å². The molecule has 408 valence electrons. The highest BCUT2D eigenvalue weighted by Crippen LogP contribution is 2.27. The molecule has 0 atom stereocenters. The highest BCUT2D eigenvalue weighted by molar-refractivity contribution is 6.12. The number of aliphatic imine (C=N–C) groups is 2. The molecule has 2 saturated heterocycles. The van der Waals surface area contributed by atoms with Crippen molar-refractivity contribution in [3.63, 3.8) is 0 Å². The quantitative estimate of drug-likeness (QED) is 0.0511. The molecule has 0 radical (unpaired) electrons. The Balaban J connectivity index is 0.000000208. The van der Waals surface area contributed by atoms with Gasteiger partial charge in [0.05, 0.1) is 93.5 Å². The second kappa shape index (κ2) is 29.3. The van der Waals surface area contributed by atoms with Gasteiger partial charge in [0, 0.05) is 119 Å². The largest absolute Gasteiger partial charge is 0.494 e. The lowest BCUT2D eigenvalue weighted by molar-refractivity contribution is -0.132. The molecule has 0 saturated carbocycles. The van der Waals surface area contributed by atoms with Crippen LogP contribution in [-0.4, -0.2) is 147 Å². The van der Waals surface area contributed by atoms with Crippen molar-refractivity contribution in [1.29, 1.82) is 0 Å². The van der Waals surface area contributed by atoms with Crippen molar-refractivity contribution in [1.82, 2.24) is 55.2 Å². The number of ether oxygens (including phenoxy) is 4. The number of carbonyl (C=O) groups is 2. The molecule has 0 spiro atoms. The van der Waals surface area contributed by atoms with Crippen LogP contribution in [0.15, 0.2) is 106 Å². The molecule has 0 aliphatic carbocycles. The van der Waals surface area contributed by atoms with Crippen LogP contribution in [0.4, 0.5) is 20.7 Å². The number of carbonyl (C=O) groups excluding carboxylic acids is 1. The fourth-order valence-electron chi connectivity index (χ4n) is 7.76. The second-order valence-electron chi connectivity index (χ2n) is 16.9. The Morgan fingerprint density at radius 1 is 0.675 bits per heavy atom. The van der Waals surface area contributed by atoms with E-state index >= 15 is 4.39 Å². The van der Waals surface area contributed by atoms with Crippen LogP contribution in [-0.2, 0) is 45.2 Å². The number of aromatic nitrogens is 10. The fraction of sp³-hybridized carbons (Fsp3) is 0.360. The minimum atomic E-state index is -1.14. The van der Waals surface area contributed by atoms with Gasteiger partial charge in [-0.05, 0) is 49.9 Å². The van der Waals surface area contributed by atoms with Gasteiger partial charge < -0.3 is 56.4 Å². The number of halogens is 2. The van der Waals surface area contributed by atoms with Crippen LogP contribution in [0.25, 0.3) is 11.4 Å². The third kappa shape index (κ3) is 15.9. The minimum absolute atomic E-state index is 0.0140. The average Bonchev–Trinajstić information content (AvgIpc) is 4.32. The predicted molar refractivity (Wildman–Crippen MR) is 281 cm³/mol. The summed E-state index contributed by atoms with van der Waals surface area (Å²) in [6, 6.07) is 6.34. The number of nitrogens with two attached hydrogens (primary N) is 3. The number of anilines is 2. The van der Waals surface area contributed by atoms with E-state index < -0.39 is 23.5 Å². The van der Waals surface area contributed by atoms with Gasteiger partial charge in [0.1, 0.15) is 0 Å². The maximum atomic E-state index is 15.1. The number of benzene rings is 2. The summed E-state index contributed by atoms with van der Waals surface area (Å²) < 4.78 is 51.8. The number of aliphatic carboxylic acids is 1. The second-order valence-corrected chi connectivity index (χ2v) is 16.9. The van der Waals surface area contributed by atoms with E-state index in [0.29, 0.717) is 22.9 Å². The lowest BCUT2D eigenvalue weighted by atomic mass is 10.1. The van der Waals surface area contributed by atoms with Gasteiger partial charge in [-0.25, -0.2) is 42.9 Å². The minimum Gasteiger partial charge on any atom is -0.494 e. The lowest BCUT2D eigenvalue weighted by Gasteiger charge is -2.15. The van der Waals surface area contributed by atoms with Gasteiger partial charge in [0.25, 0.3) is 5.91 Å². The number of nitrogens with one attached hydrogen (secondary N) is 1. The van der Waals surface area contributed by atoms with Crippen LogP contribution in [0.5, 0.6) is 11.5 Å². The molecule has 6 aromatic rings. The maximum Gasteiger partial charge on any atom is 0.339 e. The summed E-state index contributed by atoms with van der Waals surface area (Å²) in [6.07, 6.45) is 20.3. The molecule has 27 heteroatoms. The summed E-state index contributed by atoms with van der Waals surface area (Å²) in [5, 5.41) is 27.0. The first-order valence-electron chi connectivity index (χ1n) is 24.1. The van der Waals surface area contributed by atoms with Crippen LogP contribution in [0.3, 0.4) is 0 Å². The number of hydrogen-bond donors (Lipinski definition) is 5.